The van der Waals surface area contributed by atoms with Gasteiger partial charge in [-0.25, -0.2) is 0 Å². The second-order valence-electron chi connectivity index (χ2n) is 9.99. The van der Waals surface area contributed by atoms with Crippen molar-refractivity contribution in [1.29, 1.82) is 0 Å². The third-order valence-corrected chi connectivity index (χ3v) is 7.68. The van der Waals surface area contributed by atoms with Crippen molar-refractivity contribution in [2.75, 3.05) is 0 Å². The van der Waals surface area contributed by atoms with Crippen molar-refractivity contribution in [2.45, 2.75) is 102 Å². The Bertz CT molecular complexity index is 741. The molecule has 0 unspecified atom stereocenters. The Labute approximate surface area is 191 Å². The number of alkyl halides is 6. The first-order valence-corrected chi connectivity index (χ1v) is 12.1. The van der Waals surface area contributed by atoms with Gasteiger partial charge >= 0.3 is 19.5 Å². The molecule has 0 bridgehead atoms. The molecule has 0 radical (unpaired) electrons. The van der Waals surface area contributed by atoms with E-state index in [0.29, 0.717) is 11.8 Å². The van der Waals surface area contributed by atoms with E-state index >= 15 is 0 Å². The molecule has 3 fully saturated rings. The van der Waals surface area contributed by atoms with Crippen LogP contribution in [-0.2, 0) is 21.7 Å². The van der Waals surface area contributed by atoms with E-state index in [1.54, 1.807) is 6.92 Å². The van der Waals surface area contributed by atoms with E-state index in [4.69, 9.17) is 9.31 Å². The summed E-state index contributed by atoms with van der Waals surface area (Å²) >= 11 is 0. The number of hydrogen-bond donors (Lipinski definition) is 0. The minimum atomic E-state index is -4.87. The monoisotopic (exact) mass is 476 g/mol. The number of rotatable bonds is 4. The van der Waals surface area contributed by atoms with E-state index in [1.165, 1.54) is 12.8 Å². The lowest BCUT2D eigenvalue weighted by molar-refractivity contribution is -0.143. The first-order chi connectivity index (χ1) is 15.5. The van der Waals surface area contributed by atoms with E-state index in [0.717, 1.165) is 63.5 Å². The third kappa shape index (κ3) is 5.72. The number of hydrogen-bond acceptors (Lipinski definition) is 2. The lowest BCUT2D eigenvalue weighted by atomic mass is 9.68. The fraction of sp³-hybridized carbons (Fsp3) is 0.750. The van der Waals surface area contributed by atoms with E-state index in [2.05, 4.69) is 0 Å². The third-order valence-electron chi connectivity index (χ3n) is 7.68. The summed E-state index contributed by atoms with van der Waals surface area (Å²) in [6, 6.07) is 1.77. The Morgan fingerprint density at radius 3 is 1.45 bits per heavy atom. The Hall–Kier alpha value is -1.22. The summed E-state index contributed by atoms with van der Waals surface area (Å²) in [5, 5.41) is 0. The van der Waals surface area contributed by atoms with Gasteiger partial charge in [-0.2, -0.15) is 26.3 Å². The summed E-state index contributed by atoms with van der Waals surface area (Å²) in [6.45, 7) is 1.60. The zero-order valence-corrected chi connectivity index (χ0v) is 18.9. The molecule has 1 aromatic carbocycles. The lowest BCUT2D eigenvalue weighted by Gasteiger charge is -2.35. The fourth-order valence-electron chi connectivity index (χ4n) is 5.82. The molecule has 1 aliphatic heterocycles. The molecule has 9 heteroatoms. The Kier molecular flexibility index (Phi) is 7.39. The van der Waals surface area contributed by atoms with Crippen LogP contribution in [-0.4, -0.2) is 19.3 Å². The average Bonchev–Trinajstić information content (AvgIpc) is 3.24. The maximum atomic E-state index is 13.4. The van der Waals surface area contributed by atoms with Gasteiger partial charge < -0.3 is 9.31 Å². The zero-order valence-electron chi connectivity index (χ0n) is 18.9. The summed E-state index contributed by atoms with van der Waals surface area (Å²) in [4.78, 5) is 0. The topological polar surface area (TPSA) is 18.5 Å². The maximum absolute atomic E-state index is 13.4. The summed E-state index contributed by atoms with van der Waals surface area (Å²) in [5.41, 5.74) is -2.66. The highest BCUT2D eigenvalue weighted by Gasteiger charge is 2.49. The molecular formula is C24H31BF6O2. The average molecular weight is 476 g/mol. The molecule has 33 heavy (non-hydrogen) atoms. The minimum absolute atomic E-state index is 0.0613. The van der Waals surface area contributed by atoms with Crippen molar-refractivity contribution in [3.63, 3.8) is 0 Å². The predicted octanol–water partition coefficient (Wildman–Crippen LogP) is 7.80. The van der Waals surface area contributed by atoms with Crippen molar-refractivity contribution >= 4 is 7.12 Å². The van der Waals surface area contributed by atoms with Crippen molar-refractivity contribution in [2.24, 2.45) is 11.8 Å². The molecule has 184 valence electrons. The van der Waals surface area contributed by atoms with Crippen LogP contribution < -0.4 is 0 Å². The molecule has 2 saturated carbocycles. The van der Waals surface area contributed by atoms with Crippen molar-refractivity contribution < 1.29 is 35.7 Å². The maximum Gasteiger partial charge on any atom is 0.465 e. The van der Waals surface area contributed by atoms with Crippen LogP contribution in [0.2, 0.25) is 0 Å². The molecule has 3 atom stereocenters. The van der Waals surface area contributed by atoms with E-state index < -0.39 is 36.4 Å². The summed E-state index contributed by atoms with van der Waals surface area (Å²) in [6.07, 6.45) is 0.906. The SMILES string of the molecule is C[C@@H](B1O[C@H](C2CCCCC2)[C@@H](C2CCCCC2)O1)c1cc(C(F)(F)F)cc(C(F)(F)F)c1. The second-order valence-corrected chi connectivity index (χ2v) is 9.99. The van der Waals surface area contributed by atoms with Gasteiger partial charge in [-0.3, -0.25) is 0 Å². The van der Waals surface area contributed by atoms with Crippen LogP contribution in [0, 0.1) is 11.8 Å². The Morgan fingerprint density at radius 2 is 1.09 bits per heavy atom. The van der Waals surface area contributed by atoms with Gasteiger partial charge in [0.1, 0.15) is 0 Å². The molecule has 0 spiro atoms. The van der Waals surface area contributed by atoms with E-state index in [-0.39, 0.29) is 23.8 Å². The summed E-state index contributed by atoms with van der Waals surface area (Å²) < 4.78 is 92.8. The van der Waals surface area contributed by atoms with Gasteiger partial charge in [-0.15, -0.1) is 0 Å². The molecule has 3 aliphatic rings. The van der Waals surface area contributed by atoms with Crippen LogP contribution in [0.5, 0.6) is 0 Å². The molecule has 2 aliphatic carbocycles. The summed E-state index contributed by atoms with van der Waals surface area (Å²) in [7, 11) is -0.853. The largest absolute Gasteiger partial charge is 0.465 e. The highest BCUT2D eigenvalue weighted by molar-refractivity contribution is 6.47. The number of halogens is 6. The van der Waals surface area contributed by atoms with Crippen LogP contribution in [0.15, 0.2) is 18.2 Å². The first-order valence-electron chi connectivity index (χ1n) is 12.1. The predicted molar refractivity (Wildman–Crippen MR) is 114 cm³/mol. The van der Waals surface area contributed by atoms with Gasteiger partial charge in [-0.1, -0.05) is 45.4 Å². The van der Waals surface area contributed by atoms with Crippen molar-refractivity contribution in [3.05, 3.63) is 34.9 Å². The molecule has 1 heterocycles. The van der Waals surface area contributed by atoms with Gasteiger partial charge in [-0.05, 0) is 61.3 Å². The van der Waals surface area contributed by atoms with Crippen molar-refractivity contribution in [1.82, 2.24) is 0 Å². The van der Waals surface area contributed by atoms with Crippen LogP contribution in [0.3, 0.4) is 0 Å². The van der Waals surface area contributed by atoms with Crippen LogP contribution >= 0.6 is 0 Å². The molecule has 4 rings (SSSR count). The molecule has 0 aromatic heterocycles. The standard InChI is InChI=1S/C24H31BF6O2/c1-15(18-12-19(23(26,27)28)14-20(13-18)24(29,30)31)25-32-21(16-8-4-2-5-9-16)22(33-25)17-10-6-3-7-11-17/h12-17,21-22H,2-11H2,1H3/t15-,21-,22-/m1/s1. The lowest BCUT2D eigenvalue weighted by Crippen LogP contribution is -2.38. The van der Waals surface area contributed by atoms with Gasteiger partial charge in [0.15, 0.2) is 0 Å². The quantitative estimate of drug-likeness (QED) is 0.326. The van der Waals surface area contributed by atoms with Crippen LogP contribution in [0.25, 0.3) is 0 Å². The molecular weight excluding hydrogens is 445 g/mol. The van der Waals surface area contributed by atoms with E-state index in [9.17, 15) is 26.3 Å². The van der Waals surface area contributed by atoms with Gasteiger partial charge in [0, 0.05) is 5.82 Å². The highest BCUT2D eigenvalue weighted by Crippen LogP contribution is 2.44. The highest BCUT2D eigenvalue weighted by atomic mass is 19.4. The molecule has 0 amide bonds. The molecule has 1 saturated heterocycles. The van der Waals surface area contributed by atoms with E-state index in [1.807, 2.05) is 0 Å². The Morgan fingerprint density at radius 1 is 0.697 bits per heavy atom. The molecule has 2 nitrogen and oxygen atoms in total. The normalized spacial score (nSPS) is 27.2. The van der Waals surface area contributed by atoms with Gasteiger partial charge in [0.2, 0.25) is 0 Å². The second kappa shape index (κ2) is 9.80. The zero-order chi connectivity index (χ0) is 23.8. The van der Waals surface area contributed by atoms with Gasteiger partial charge in [0.25, 0.3) is 0 Å². The molecule has 0 N–H and O–H groups in total. The summed E-state index contributed by atoms with van der Waals surface area (Å²) in [5.74, 6) is -0.0988. The van der Waals surface area contributed by atoms with Crippen LogP contribution in [0.4, 0.5) is 26.3 Å². The smallest absolute Gasteiger partial charge is 0.405 e. The fourth-order valence-corrected chi connectivity index (χ4v) is 5.82. The number of benzene rings is 1. The van der Waals surface area contributed by atoms with Crippen molar-refractivity contribution in [3.8, 4) is 0 Å². The first kappa shape index (κ1) is 24.9. The Balaban J connectivity index is 1.61. The van der Waals surface area contributed by atoms with Crippen LogP contribution in [0.1, 0.15) is 93.6 Å². The molecule has 1 aromatic rings. The van der Waals surface area contributed by atoms with Gasteiger partial charge in [0.05, 0.1) is 23.3 Å². The minimum Gasteiger partial charge on any atom is -0.405 e.